The highest BCUT2D eigenvalue weighted by Gasteiger charge is 2.32. The number of methoxy groups -OCH3 is 2. The topological polar surface area (TPSA) is 58.6 Å². The van der Waals surface area contributed by atoms with Gasteiger partial charge in [-0.3, -0.25) is 9.89 Å². The molecular weight excluding hydrogens is 483 g/mol. The third-order valence-electron chi connectivity index (χ3n) is 6.18. The summed E-state index contributed by atoms with van der Waals surface area (Å²) in [4.78, 5) is 9.40. The molecule has 2 fully saturated rings. The second-order valence-electron chi connectivity index (χ2n) is 7.82. The Labute approximate surface area is 190 Å². The maximum Gasteiger partial charge on any atom is 0.194 e. The molecule has 162 valence electrons. The van der Waals surface area contributed by atoms with Gasteiger partial charge in [-0.2, -0.15) is 0 Å². The zero-order valence-corrected chi connectivity index (χ0v) is 20.0. The number of rotatable bonds is 4. The Balaban J connectivity index is 0.00000240. The largest absolute Gasteiger partial charge is 0.493 e. The zero-order valence-electron chi connectivity index (χ0n) is 17.6. The van der Waals surface area contributed by atoms with Crippen LogP contribution in [0.2, 0.25) is 0 Å². The summed E-state index contributed by atoms with van der Waals surface area (Å²) < 4.78 is 17.0. The predicted molar refractivity (Wildman–Crippen MR) is 125 cm³/mol. The first kappa shape index (κ1) is 22.4. The molecule has 3 aliphatic rings. The third-order valence-corrected chi connectivity index (χ3v) is 6.18. The molecular formula is C21H33IN4O3. The van der Waals surface area contributed by atoms with Crippen molar-refractivity contribution >= 4 is 29.9 Å². The summed E-state index contributed by atoms with van der Waals surface area (Å²) in [6, 6.07) is 4.83. The van der Waals surface area contributed by atoms with Crippen molar-refractivity contribution in [3.63, 3.8) is 0 Å². The molecule has 2 atom stereocenters. The van der Waals surface area contributed by atoms with Gasteiger partial charge < -0.3 is 24.4 Å². The van der Waals surface area contributed by atoms with Crippen molar-refractivity contribution in [3.8, 4) is 11.5 Å². The summed E-state index contributed by atoms with van der Waals surface area (Å²) in [6.45, 7) is 5.65. The van der Waals surface area contributed by atoms with Crippen molar-refractivity contribution in [2.75, 3.05) is 54.1 Å². The van der Waals surface area contributed by atoms with E-state index in [1.807, 2.05) is 7.05 Å². The standard InChI is InChI=1S/C21H32N4O3.HI/c1-22-21(23-11-18-13-24-7-4-5-17(24)14-28-18)25-8-6-15-9-19(26-2)20(27-3)10-16(15)12-25;/h9-10,17-18H,4-8,11-14H2,1-3H3,(H,22,23);1H. The van der Waals surface area contributed by atoms with Crippen molar-refractivity contribution in [1.82, 2.24) is 15.1 Å². The Morgan fingerprint density at radius 2 is 1.97 bits per heavy atom. The van der Waals surface area contributed by atoms with Crippen molar-refractivity contribution in [2.24, 2.45) is 4.99 Å². The Bertz CT molecular complexity index is 730. The monoisotopic (exact) mass is 516 g/mol. The maximum atomic E-state index is 6.08. The number of guanidine groups is 1. The van der Waals surface area contributed by atoms with Crippen LogP contribution in [0.1, 0.15) is 24.0 Å². The Hall–Kier alpha value is -1.26. The van der Waals surface area contributed by atoms with Gasteiger partial charge in [0.05, 0.1) is 26.9 Å². The summed E-state index contributed by atoms with van der Waals surface area (Å²) >= 11 is 0. The molecule has 0 bridgehead atoms. The average Bonchev–Trinajstić information content (AvgIpc) is 3.21. The Morgan fingerprint density at radius 1 is 1.21 bits per heavy atom. The van der Waals surface area contributed by atoms with Crippen molar-refractivity contribution in [3.05, 3.63) is 23.3 Å². The molecule has 1 aromatic carbocycles. The molecule has 4 rings (SSSR count). The first-order valence-corrected chi connectivity index (χ1v) is 10.3. The minimum atomic E-state index is 0. The molecule has 29 heavy (non-hydrogen) atoms. The van der Waals surface area contributed by atoms with Crippen LogP contribution >= 0.6 is 24.0 Å². The van der Waals surface area contributed by atoms with Gasteiger partial charge in [0.15, 0.2) is 17.5 Å². The number of nitrogens with one attached hydrogen (secondary N) is 1. The fraction of sp³-hybridized carbons (Fsp3) is 0.667. The number of nitrogens with zero attached hydrogens (tertiary/aromatic N) is 3. The number of fused-ring (bicyclic) bond motifs is 2. The first-order chi connectivity index (χ1) is 13.7. The van der Waals surface area contributed by atoms with E-state index in [-0.39, 0.29) is 30.1 Å². The Kier molecular flexibility index (Phi) is 7.86. The van der Waals surface area contributed by atoms with Crippen LogP contribution < -0.4 is 14.8 Å². The van der Waals surface area contributed by atoms with Crippen LogP contribution in [0, 0.1) is 0 Å². The normalized spacial score (nSPS) is 24.4. The zero-order chi connectivity index (χ0) is 19.5. The number of hydrogen-bond acceptors (Lipinski definition) is 5. The van der Waals surface area contributed by atoms with E-state index in [1.54, 1.807) is 14.2 Å². The number of benzene rings is 1. The summed E-state index contributed by atoms with van der Waals surface area (Å²) in [5.41, 5.74) is 2.58. The molecule has 2 saturated heterocycles. The fourth-order valence-electron chi connectivity index (χ4n) is 4.61. The van der Waals surface area contributed by atoms with E-state index >= 15 is 0 Å². The lowest BCUT2D eigenvalue weighted by Crippen LogP contribution is -2.52. The van der Waals surface area contributed by atoms with Crippen LogP contribution in [0.15, 0.2) is 17.1 Å². The van der Waals surface area contributed by atoms with Crippen molar-refractivity contribution in [2.45, 2.75) is 38.0 Å². The molecule has 2 unspecified atom stereocenters. The number of morpholine rings is 1. The van der Waals surface area contributed by atoms with E-state index < -0.39 is 0 Å². The summed E-state index contributed by atoms with van der Waals surface area (Å²) in [5, 5.41) is 3.54. The van der Waals surface area contributed by atoms with Gasteiger partial charge in [-0.15, -0.1) is 24.0 Å². The molecule has 0 spiro atoms. The molecule has 1 N–H and O–H groups in total. The van der Waals surface area contributed by atoms with E-state index in [1.165, 1.54) is 30.5 Å². The highest BCUT2D eigenvalue weighted by molar-refractivity contribution is 14.0. The molecule has 3 aliphatic heterocycles. The van der Waals surface area contributed by atoms with Gasteiger partial charge in [0.25, 0.3) is 0 Å². The predicted octanol–water partition coefficient (Wildman–Crippen LogP) is 2.12. The lowest BCUT2D eigenvalue weighted by atomic mass is 9.99. The lowest BCUT2D eigenvalue weighted by molar-refractivity contribution is -0.0455. The quantitative estimate of drug-likeness (QED) is 0.376. The molecule has 1 aromatic rings. The molecule has 0 aliphatic carbocycles. The minimum absolute atomic E-state index is 0. The van der Waals surface area contributed by atoms with Gasteiger partial charge in [-0.05, 0) is 49.1 Å². The van der Waals surface area contributed by atoms with E-state index in [9.17, 15) is 0 Å². The second kappa shape index (κ2) is 10.2. The van der Waals surface area contributed by atoms with Gasteiger partial charge in [0.1, 0.15) is 0 Å². The summed E-state index contributed by atoms with van der Waals surface area (Å²) in [5.74, 6) is 2.52. The van der Waals surface area contributed by atoms with Crippen LogP contribution in [0.5, 0.6) is 11.5 Å². The van der Waals surface area contributed by atoms with Crippen LogP contribution in [0.4, 0.5) is 0 Å². The number of ether oxygens (including phenoxy) is 3. The van der Waals surface area contributed by atoms with Crippen molar-refractivity contribution < 1.29 is 14.2 Å². The van der Waals surface area contributed by atoms with Gasteiger partial charge >= 0.3 is 0 Å². The van der Waals surface area contributed by atoms with Crippen molar-refractivity contribution in [1.29, 1.82) is 0 Å². The number of hydrogen-bond donors (Lipinski definition) is 1. The third kappa shape index (κ3) is 4.91. The number of halogens is 1. The molecule has 0 radical (unpaired) electrons. The van der Waals surface area contributed by atoms with Crippen LogP contribution in [-0.2, 0) is 17.7 Å². The van der Waals surface area contributed by atoms with Crippen LogP contribution in [-0.4, -0.2) is 82.0 Å². The molecule has 0 saturated carbocycles. The molecule has 0 amide bonds. The van der Waals surface area contributed by atoms with Gasteiger partial charge in [-0.1, -0.05) is 0 Å². The highest BCUT2D eigenvalue weighted by atomic mass is 127. The number of aliphatic imine (C=N–C) groups is 1. The van der Waals surface area contributed by atoms with E-state index in [0.29, 0.717) is 6.04 Å². The maximum absolute atomic E-state index is 6.08. The molecule has 8 heteroatoms. The summed E-state index contributed by atoms with van der Waals surface area (Å²) in [6.07, 6.45) is 3.78. The SMILES string of the molecule is CN=C(NCC1CN2CCCC2CO1)N1CCc2cc(OC)c(OC)cc2C1.I. The molecule has 0 aromatic heterocycles. The smallest absolute Gasteiger partial charge is 0.194 e. The highest BCUT2D eigenvalue weighted by Crippen LogP contribution is 2.33. The van der Waals surface area contributed by atoms with Gasteiger partial charge in [0.2, 0.25) is 0 Å². The van der Waals surface area contributed by atoms with Crippen LogP contribution in [0.3, 0.4) is 0 Å². The first-order valence-electron chi connectivity index (χ1n) is 10.3. The lowest BCUT2D eigenvalue weighted by Gasteiger charge is -2.36. The van der Waals surface area contributed by atoms with Crippen LogP contribution in [0.25, 0.3) is 0 Å². The van der Waals surface area contributed by atoms with E-state index in [0.717, 1.165) is 56.7 Å². The molecule has 3 heterocycles. The second-order valence-corrected chi connectivity index (χ2v) is 7.82. The average molecular weight is 516 g/mol. The summed E-state index contributed by atoms with van der Waals surface area (Å²) in [7, 11) is 5.22. The van der Waals surface area contributed by atoms with Gasteiger partial charge in [-0.25, -0.2) is 0 Å². The minimum Gasteiger partial charge on any atom is -0.493 e. The van der Waals surface area contributed by atoms with Gasteiger partial charge in [0, 0.05) is 39.3 Å². The fourth-order valence-corrected chi connectivity index (χ4v) is 4.61. The molecule has 7 nitrogen and oxygen atoms in total. The van der Waals surface area contributed by atoms with E-state index in [2.05, 4.69) is 32.2 Å². The van der Waals surface area contributed by atoms with E-state index in [4.69, 9.17) is 14.2 Å². The Morgan fingerprint density at radius 3 is 2.69 bits per heavy atom.